The highest BCUT2D eigenvalue weighted by molar-refractivity contribution is 6.30. The summed E-state index contributed by atoms with van der Waals surface area (Å²) in [5.41, 5.74) is 0.780. The van der Waals surface area contributed by atoms with Gasteiger partial charge in [0.25, 0.3) is 0 Å². The molecule has 0 aromatic heterocycles. The minimum Gasteiger partial charge on any atom is -0.465 e. The van der Waals surface area contributed by atoms with Crippen LogP contribution in [0.1, 0.15) is 11.7 Å². The number of alkyl carbamates (subject to hydrolysis) is 1. The van der Waals surface area contributed by atoms with Gasteiger partial charge in [-0.05, 0) is 17.7 Å². The number of carboxylic acid groups (broad SMARTS) is 1. The number of methoxy groups -OCH3 is 1. The number of benzene rings is 1. The summed E-state index contributed by atoms with van der Waals surface area (Å²) in [6, 6.07) is 7.13. The monoisotopic (exact) mass is 372 g/mol. The number of morpholine rings is 1. The van der Waals surface area contributed by atoms with Gasteiger partial charge < -0.3 is 29.5 Å². The van der Waals surface area contributed by atoms with E-state index in [9.17, 15) is 14.7 Å². The molecule has 25 heavy (non-hydrogen) atoms. The van der Waals surface area contributed by atoms with Crippen molar-refractivity contribution in [2.75, 3.05) is 40.0 Å². The Morgan fingerprint density at radius 1 is 1.52 bits per heavy atom. The Morgan fingerprint density at radius 3 is 3.00 bits per heavy atom. The van der Waals surface area contributed by atoms with Crippen LogP contribution in [0.4, 0.5) is 9.59 Å². The second-order valence-electron chi connectivity index (χ2n) is 5.40. The van der Waals surface area contributed by atoms with Crippen LogP contribution >= 0.6 is 11.6 Å². The van der Waals surface area contributed by atoms with Crippen LogP contribution in [0.25, 0.3) is 0 Å². The highest BCUT2D eigenvalue weighted by Crippen LogP contribution is 2.28. The number of hydrogen-bond donors (Lipinski definition) is 2. The molecule has 0 saturated carbocycles. The van der Waals surface area contributed by atoms with Gasteiger partial charge in [0.1, 0.15) is 12.2 Å². The second kappa shape index (κ2) is 9.45. The molecule has 138 valence electrons. The maximum absolute atomic E-state index is 11.2. The molecule has 1 heterocycles. The van der Waals surface area contributed by atoms with Gasteiger partial charge in [0.15, 0.2) is 0 Å². The van der Waals surface area contributed by atoms with Gasteiger partial charge in [-0.2, -0.15) is 0 Å². The molecular weight excluding hydrogens is 352 g/mol. The first-order chi connectivity index (χ1) is 12.0. The zero-order valence-electron chi connectivity index (χ0n) is 13.8. The molecule has 2 rings (SSSR count). The van der Waals surface area contributed by atoms with Crippen LogP contribution in [0.15, 0.2) is 24.3 Å². The molecule has 9 heteroatoms. The van der Waals surface area contributed by atoms with Gasteiger partial charge in [-0.3, -0.25) is 0 Å². The molecule has 0 aliphatic carbocycles. The van der Waals surface area contributed by atoms with Crippen molar-refractivity contribution in [3.05, 3.63) is 34.9 Å². The minimum atomic E-state index is -0.995. The lowest BCUT2D eigenvalue weighted by atomic mass is 10.0. The van der Waals surface area contributed by atoms with Crippen molar-refractivity contribution in [3.8, 4) is 0 Å². The highest BCUT2D eigenvalue weighted by Gasteiger charge is 2.32. The summed E-state index contributed by atoms with van der Waals surface area (Å²) in [6.07, 6.45) is -2.53. The summed E-state index contributed by atoms with van der Waals surface area (Å²) < 4.78 is 16.1. The van der Waals surface area contributed by atoms with Crippen molar-refractivity contribution < 1.29 is 28.9 Å². The van der Waals surface area contributed by atoms with Gasteiger partial charge in [0, 0.05) is 18.1 Å². The fraction of sp³-hybridized carbons (Fsp3) is 0.500. The number of ether oxygens (including phenoxy) is 3. The predicted molar refractivity (Wildman–Crippen MR) is 89.9 cm³/mol. The van der Waals surface area contributed by atoms with E-state index >= 15 is 0 Å². The quantitative estimate of drug-likeness (QED) is 0.742. The van der Waals surface area contributed by atoms with Crippen LogP contribution in [0.2, 0.25) is 5.02 Å². The van der Waals surface area contributed by atoms with E-state index < -0.39 is 24.4 Å². The first-order valence-electron chi connectivity index (χ1n) is 7.79. The number of carbonyl (C=O) groups excluding carboxylic acids is 1. The molecule has 0 spiro atoms. The maximum Gasteiger partial charge on any atom is 0.407 e. The number of rotatable bonds is 6. The summed E-state index contributed by atoms with van der Waals surface area (Å²) in [7, 11) is 1.28. The van der Waals surface area contributed by atoms with E-state index in [1.165, 1.54) is 12.0 Å². The molecule has 2 atom stereocenters. The smallest absolute Gasteiger partial charge is 0.407 e. The van der Waals surface area contributed by atoms with E-state index in [1.54, 1.807) is 18.2 Å². The van der Waals surface area contributed by atoms with Crippen LogP contribution in [-0.2, 0) is 14.2 Å². The van der Waals surface area contributed by atoms with Gasteiger partial charge in [-0.15, -0.1) is 0 Å². The number of nitrogens with one attached hydrogen (secondary N) is 1. The Labute approximate surface area is 150 Å². The number of amides is 2. The summed E-state index contributed by atoms with van der Waals surface area (Å²) in [5, 5.41) is 12.3. The molecule has 0 radical (unpaired) electrons. The average molecular weight is 373 g/mol. The van der Waals surface area contributed by atoms with E-state index in [1.807, 2.05) is 6.07 Å². The van der Waals surface area contributed by atoms with Crippen molar-refractivity contribution >= 4 is 23.8 Å². The molecule has 2 N–H and O–H groups in total. The SMILES string of the molecule is COC(=O)NCCO[C@@H](c1cccc(Cl)c1)C1CN(C(=O)O)CCO1. The summed E-state index contributed by atoms with van der Waals surface area (Å²) in [6.45, 7) is 1.26. The van der Waals surface area contributed by atoms with Crippen molar-refractivity contribution in [2.45, 2.75) is 12.2 Å². The van der Waals surface area contributed by atoms with Crippen LogP contribution < -0.4 is 5.32 Å². The molecule has 1 aromatic carbocycles. The Kier molecular flexibility index (Phi) is 7.30. The molecule has 1 unspecified atom stereocenters. The molecule has 1 fully saturated rings. The third-order valence-corrected chi connectivity index (χ3v) is 3.97. The van der Waals surface area contributed by atoms with E-state index in [0.717, 1.165) is 5.56 Å². The van der Waals surface area contributed by atoms with Gasteiger partial charge in [0.2, 0.25) is 0 Å². The average Bonchev–Trinajstić information content (AvgIpc) is 2.61. The lowest BCUT2D eigenvalue weighted by Crippen LogP contribution is -2.47. The largest absolute Gasteiger partial charge is 0.465 e. The number of carbonyl (C=O) groups is 2. The van der Waals surface area contributed by atoms with Gasteiger partial charge in [0.05, 0.1) is 26.9 Å². The lowest BCUT2D eigenvalue weighted by molar-refractivity contribution is -0.108. The van der Waals surface area contributed by atoms with Crippen molar-refractivity contribution in [2.24, 2.45) is 0 Å². The second-order valence-corrected chi connectivity index (χ2v) is 5.84. The van der Waals surface area contributed by atoms with Gasteiger partial charge in [-0.25, -0.2) is 9.59 Å². The van der Waals surface area contributed by atoms with Crippen molar-refractivity contribution in [1.29, 1.82) is 0 Å². The van der Waals surface area contributed by atoms with E-state index in [-0.39, 0.29) is 26.3 Å². The van der Waals surface area contributed by atoms with Gasteiger partial charge in [-0.1, -0.05) is 23.7 Å². The Hall–Kier alpha value is -2.03. The number of hydrogen-bond acceptors (Lipinski definition) is 5. The summed E-state index contributed by atoms with van der Waals surface area (Å²) in [4.78, 5) is 23.6. The first kappa shape index (κ1) is 19.3. The zero-order valence-corrected chi connectivity index (χ0v) is 14.6. The summed E-state index contributed by atoms with van der Waals surface area (Å²) >= 11 is 6.05. The normalized spacial score (nSPS) is 18.5. The van der Waals surface area contributed by atoms with Crippen molar-refractivity contribution in [1.82, 2.24) is 10.2 Å². The predicted octanol–water partition coefficient (Wildman–Crippen LogP) is 2.13. The van der Waals surface area contributed by atoms with Crippen LogP contribution in [0, 0.1) is 0 Å². The Bertz CT molecular complexity index is 600. The zero-order chi connectivity index (χ0) is 18.2. The number of halogens is 1. The molecule has 0 bridgehead atoms. The maximum atomic E-state index is 11.2. The molecule has 2 amide bonds. The van der Waals surface area contributed by atoms with Gasteiger partial charge >= 0.3 is 12.2 Å². The van der Waals surface area contributed by atoms with Crippen LogP contribution in [-0.4, -0.2) is 68.3 Å². The molecule has 1 saturated heterocycles. The third-order valence-electron chi connectivity index (χ3n) is 3.73. The topological polar surface area (TPSA) is 97.3 Å². The number of nitrogens with zero attached hydrogens (tertiary/aromatic N) is 1. The molecular formula is C16H21ClN2O6. The lowest BCUT2D eigenvalue weighted by Gasteiger charge is -2.35. The summed E-state index contributed by atoms with van der Waals surface area (Å²) in [5.74, 6) is 0. The van der Waals surface area contributed by atoms with Crippen molar-refractivity contribution in [3.63, 3.8) is 0 Å². The van der Waals surface area contributed by atoms with Crippen LogP contribution in [0.3, 0.4) is 0 Å². The minimum absolute atomic E-state index is 0.191. The molecule has 1 aliphatic rings. The standard InChI is InChI=1S/C16H21ClN2O6/c1-23-15(20)18-5-7-25-14(11-3-2-4-12(17)9-11)13-10-19(16(21)22)6-8-24-13/h2-4,9,13-14H,5-8,10H2,1H3,(H,18,20)(H,21,22)/t13?,14-/m0/s1. The highest BCUT2D eigenvalue weighted by atomic mass is 35.5. The van der Waals surface area contributed by atoms with E-state index in [4.69, 9.17) is 21.1 Å². The van der Waals surface area contributed by atoms with Crippen LogP contribution in [0.5, 0.6) is 0 Å². The Morgan fingerprint density at radius 2 is 2.32 bits per heavy atom. The first-order valence-corrected chi connectivity index (χ1v) is 8.17. The fourth-order valence-corrected chi connectivity index (χ4v) is 2.74. The molecule has 8 nitrogen and oxygen atoms in total. The Balaban J connectivity index is 2.06. The molecule has 1 aromatic rings. The van der Waals surface area contributed by atoms with E-state index in [2.05, 4.69) is 10.1 Å². The molecule has 1 aliphatic heterocycles. The third kappa shape index (κ3) is 5.77. The van der Waals surface area contributed by atoms with E-state index in [0.29, 0.717) is 11.6 Å². The fourth-order valence-electron chi connectivity index (χ4n) is 2.55.